The third kappa shape index (κ3) is 3.17. The summed E-state index contributed by atoms with van der Waals surface area (Å²) >= 11 is 0. The molecule has 8 heteroatoms. The van der Waals surface area contributed by atoms with Crippen LogP contribution in [0.15, 0.2) is 17.0 Å². The van der Waals surface area contributed by atoms with Gasteiger partial charge >= 0.3 is 5.97 Å². The highest BCUT2D eigenvalue weighted by Gasteiger charge is 2.33. The Kier molecular flexibility index (Phi) is 4.22. The van der Waals surface area contributed by atoms with Crippen LogP contribution in [-0.2, 0) is 14.8 Å². The normalized spacial score (nSPS) is 21.8. The Hall–Kier alpha value is -1.64. The number of nitrogens with one attached hydrogen (secondary N) is 1. The molecule has 2 rings (SSSR count). The fourth-order valence-corrected chi connectivity index (χ4v) is 3.78. The quantitative estimate of drug-likeness (QED) is 0.742. The fraction of sp³-hybridized carbons (Fsp3) is 0.462. The number of aromatic hydroxyl groups is 1. The van der Waals surface area contributed by atoms with Crippen LogP contribution in [0.1, 0.15) is 28.8 Å². The van der Waals surface area contributed by atoms with Gasteiger partial charge in [0.05, 0.1) is 11.0 Å². The number of aryl methyl sites for hydroxylation is 1. The molecular weight excluding hydrogens is 298 g/mol. The Bertz CT molecular complexity index is 663. The molecule has 0 atom stereocenters. The van der Waals surface area contributed by atoms with Crippen molar-refractivity contribution < 1.29 is 28.2 Å². The van der Waals surface area contributed by atoms with Crippen molar-refractivity contribution >= 4 is 16.0 Å². The van der Waals surface area contributed by atoms with Gasteiger partial charge in [0.25, 0.3) is 0 Å². The standard InChI is InChI=1S/C13H17NO6S/c1-7-3-11(15)10(13(16)17)6-12(7)21(18,19)14-8-4-9(5-8)20-2/h3,6,8-9,14-15H,4-5H2,1-2H3,(H,16,17). The number of benzene rings is 1. The van der Waals surface area contributed by atoms with E-state index in [9.17, 15) is 18.3 Å². The van der Waals surface area contributed by atoms with E-state index >= 15 is 0 Å². The van der Waals surface area contributed by atoms with Crippen LogP contribution >= 0.6 is 0 Å². The first-order valence-corrected chi connectivity index (χ1v) is 7.85. The maximum atomic E-state index is 12.3. The van der Waals surface area contributed by atoms with Crippen molar-refractivity contribution in [2.75, 3.05) is 7.11 Å². The van der Waals surface area contributed by atoms with E-state index in [2.05, 4.69) is 4.72 Å². The lowest BCUT2D eigenvalue weighted by atomic mass is 9.90. The number of carboxylic acid groups (broad SMARTS) is 1. The zero-order valence-electron chi connectivity index (χ0n) is 11.7. The molecule has 21 heavy (non-hydrogen) atoms. The number of methoxy groups -OCH3 is 1. The topological polar surface area (TPSA) is 113 Å². The maximum Gasteiger partial charge on any atom is 0.339 e. The summed E-state index contributed by atoms with van der Waals surface area (Å²) in [5.74, 6) is -1.84. The van der Waals surface area contributed by atoms with E-state index in [1.54, 1.807) is 7.11 Å². The average molecular weight is 315 g/mol. The number of phenols is 1. The van der Waals surface area contributed by atoms with Gasteiger partial charge in [-0.2, -0.15) is 0 Å². The van der Waals surface area contributed by atoms with Gasteiger partial charge in [-0.3, -0.25) is 0 Å². The Balaban J connectivity index is 2.28. The minimum absolute atomic E-state index is 0.0493. The lowest BCUT2D eigenvalue weighted by Crippen LogP contribution is -2.47. The zero-order valence-corrected chi connectivity index (χ0v) is 12.5. The smallest absolute Gasteiger partial charge is 0.339 e. The zero-order chi connectivity index (χ0) is 15.8. The van der Waals surface area contributed by atoms with Gasteiger partial charge in [0.1, 0.15) is 11.3 Å². The Morgan fingerprint density at radius 1 is 1.38 bits per heavy atom. The molecule has 0 aromatic heterocycles. The van der Waals surface area contributed by atoms with Gasteiger partial charge < -0.3 is 14.9 Å². The van der Waals surface area contributed by atoms with E-state index in [1.165, 1.54) is 6.92 Å². The van der Waals surface area contributed by atoms with E-state index < -0.39 is 27.3 Å². The maximum absolute atomic E-state index is 12.3. The summed E-state index contributed by atoms with van der Waals surface area (Å²) in [7, 11) is -2.27. The highest BCUT2D eigenvalue weighted by molar-refractivity contribution is 7.89. The number of hydrogen-bond donors (Lipinski definition) is 3. The van der Waals surface area contributed by atoms with Crippen molar-refractivity contribution in [3.05, 3.63) is 23.3 Å². The minimum atomic E-state index is -3.84. The van der Waals surface area contributed by atoms with Gasteiger partial charge in [-0.15, -0.1) is 0 Å². The molecule has 116 valence electrons. The molecule has 0 saturated heterocycles. The molecule has 0 amide bonds. The largest absolute Gasteiger partial charge is 0.507 e. The number of rotatable bonds is 5. The average Bonchev–Trinajstić information content (AvgIpc) is 2.32. The fourth-order valence-electron chi connectivity index (χ4n) is 2.27. The molecule has 1 aromatic rings. The summed E-state index contributed by atoms with van der Waals surface area (Å²) in [6, 6.07) is 1.89. The van der Waals surface area contributed by atoms with Crippen molar-refractivity contribution in [1.29, 1.82) is 0 Å². The Morgan fingerprint density at radius 2 is 2.00 bits per heavy atom. The molecule has 0 bridgehead atoms. The second kappa shape index (κ2) is 5.63. The van der Waals surface area contributed by atoms with Crippen molar-refractivity contribution in [3.63, 3.8) is 0 Å². The predicted octanol–water partition coefficient (Wildman–Crippen LogP) is 0.855. The van der Waals surface area contributed by atoms with E-state index in [0.717, 1.165) is 12.1 Å². The molecule has 0 spiro atoms. The summed E-state index contributed by atoms with van der Waals surface area (Å²) < 4.78 is 32.2. The highest BCUT2D eigenvalue weighted by Crippen LogP contribution is 2.28. The molecule has 1 fully saturated rings. The number of carboxylic acids is 1. The predicted molar refractivity (Wildman–Crippen MR) is 73.9 cm³/mol. The Labute approximate surface area is 122 Å². The molecule has 0 heterocycles. The summed E-state index contributed by atoms with van der Waals surface area (Å²) in [5, 5.41) is 18.5. The molecule has 7 nitrogen and oxygen atoms in total. The van der Waals surface area contributed by atoms with Crippen LogP contribution in [0.2, 0.25) is 0 Å². The molecule has 1 aliphatic carbocycles. The second-order valence-electron chi connectivity index (χ2n) is 5.09. The van der Waals surface area contributed by atoms with E-state index in [0.29, 0.717) is 12.8 Å². The van der Waals surface area contributed by atoms with Crippen LogP contribution in [0.4, 0.5) is 0 Å². The number of aromatic carboxylic acids is 1. The number of carbonyl (C=O) groups is 1. The Morgan fingerprint density at radius 3 is 2.52 bits per heavy atom. The first kappa shape index (κ1) is 15.7. The summed E-state index contributed by atoms with van der Waals surface area (Å²) in [5.41, 5.74) is -0.156. The van der Waals surface area contributed by atoms with Gasteiger partial charge in [-0.25, -0.2) is 17.9 Å². The third-order valence-corrected chi connectivity index (χ3v) is 5.23. The highest BCUT2D eigenvalue weighted by atomic mass is 32.2. The van der Waals surface area contributed by atoms with Crippen molar-refractivity contribution in [2.45, 2.75) is 36.8 Å². The minimum Gasteiger partial charge on any atom is -0.507 e. The molecule has 3 N–H and O–H groups in total. The van der Waals surface area contributed by atoms with Crippen LogP contribution < -0.4 is 4.72 Å². The summed E-state index contributed by atoms with van der Waals surface area (Å²) in [4.78, 5) is 10.9. The van der Waals surface area contributed by atoms with Crippen molar-refractivity contribution in [1.82, 2.24) is 4.72 Å². The van der Waals surface area contributed by atoms with Crippen LogP contribution in [0, 0.1) is 6.92 Å². The summed E-state index contributed by atoms with van der Waals surface area (Å²) in [6.07, 6.45) is 1.21. The first-order chi connectivity index (χ1) is 9.74. The molecule has 1 aromatic carbocycles. The number of sulfonamides is 1. The molecule has 1 aliphatic rings. The van der Waals surface area contributed by atoms with Gasteiger partial charge in [-0.1, -0.05) is 0 Å². The van der Waals surface area contributed by atoms with Crippen molar-refractivity contribution in [2.24, 2.45) is 0 Å². The monoisotopic (exact) mass is 315 g/mol. The number of ether oxygens (including phenoxy) is 1. The van der Waals surface area contributed by atoms with E-state index in [-0.39, 0.29) is 22.6 Å². The molecule has 1 saturated carbocycles. The van der Waals surface area contributed by atoms with E-state index in [1.807, 2.05) is 0 Å². The third-order valence-electron chi connectivity index (χ3n) is 3.56. The van der Waals surface area contributed by atoms with Gasteiger partial charge in [0.2, 0.25) is 10.0 Å². The molecule has 0 radical (unpaired) electrons. The van der Waals surface area contributed by atoms with Crippen LogP contribution in [-0.4, -0.2) is 43.9 Å². The first-order valence-electron chi connectivity index (χ1n) is 6.36. The SMILES string of the molecule is COC1CC(NS(=O)(=O)c2cc(C(=O)O)c(O)cc2C)C1. The van der Waals surface area contributed by atoms with Gasteiger partial charge in [-0.05, 0) is 37.5 Å². The summed E-state index contributed by atoms with van der Waals surface area (Å²) in [6.45, 7) is 1.50. The lowest BCUT2D eigenvalue weighted by molar-refractivity contribution is 0.0236. The van der Waals surface area contributed by atoms with Gasteiger partial charge in [0.15, 0.2) is 0 Å². The van der Waals surface area contributed by atoms with Crippen LogP contribution in [0.3, 0.4) is 0 Å². The van der Waals surface area contributed by atoms with Crippen LogP contribution in [0.5, 0.6) is 5.75 Å². The molecular formula is C13H17NO6S. The molecule has 0 unspecified atom stereocenters. The van der Waals surface area contributed by atoms with Crippen LogP contribution in [0.25, 0.3) is 0 Å². The molecule has 0 aliphatic heterocycles. The second-order valence-corrected chi connectivity index (χ2v) is 6.77. The van der Waals surface area contributed by atoms with Gasteiger partial charge in [0, 0.05) is 13.2 Å². The van der Waals surface area contributed by atoms with E-state index in [4.69, 9.17) is 9.84 Å². The number of hydrogen-bond acceptors (Lipinski definition) is 5. The lowest BCUT2D eigenvalue weighted by Gasteiger charge is -2.34. The van der Waals surface area contributed by atoms with Crippen molar-refractivity contribution in [3.8, 4) is 5.75 Å².